The summed E-state index contributed by atoms with van der Waals surface area (Å²) in [6.07, 6.45) is 5.01. The Labute approximate surface area is 169 Å². The Hall–Kier alpha value is -1.37. The lowest BCUT2D eigenvalue weighted by Gasteiger charge is -2.37. The highest BCUT2D eigenvalue weighted by Gasteiger charge is 2.39. The summed E-state index contributed by atoms with van der Waals surface area (Å²) < 4.78 is 12.9. The second-order valence-corrected chi connectivity index (χ2v) is 7.99. The molecule has 1 N–H and O–H groups in total. The minimum Gasteiger partial charge on any atom is -0.459 e. The molecule has 27 heavy (non-hydrogen) atoms. The van der Waals surface area contributed by atoms with E-state index in [1.807, 2.05) is 30.0 Å². The molecule has 0 saturated carbocycles. The zero-order valence-corrected chi connectivity index (χ0v) is 17.4. The maximum absolute atomic E-state index is 12.9. The molecule has 3 rings (SSSR count). The molecule has 0 spiro atoms. The summed E-state index contributed by atoms with van der Waals surface area (Å²) in [7, 11) is 0. The highest BCUT2D eigenvalue weighted by molar-refractivity contribution is 9.10. The van der Waals surface area contributed by atoms with E-state index in [4.69, 9.17) is 9.47 Å². The van der Waals surface area contributed by atoms with Crippen molar-refractivity contribution in [3.8, 4) is 0 Å². The van der Waals surface area contributed by atoms with E-state index >= 15 is 0 Å². The van der Waals surface area contributed by atoms with Gasteiger partial charge in [0, 0.05) is 42.6 Å². The molecule has 1 aromatic carbocycles. The van der Waals surface area contributed by atoms with Crippen LogP contribution in [0, 0.1) is 5.92 Å². The molecular formula is C21H28BrNO4. The zero-order chi connectivity index (χ0) is 19.2. The molecule has 2 aliphatic heterocycles. The minimum atomic E-state index is -0.484. The van der Waals surface area contributed by atoms with Crippen molar-refractivity contribution in [2.45, 2.75) is 44.8 Å². The van der Waals surface area contributed by atoms with Gasteiger partial charge in [0.1, 0.15) is 0 Å². The Balaban J connectivity index is 1.93. The standard InChI is InChI=1S/C21H28BrNO4/c1-2-26-21-17(6-5-13-24)18(15-7-9-16(22)10-8-15)14-19(27-21)20(25)23-11-3-4-12-23/h7-10,14,17-18,21,24H,2-6,11-13H2,1H3/t17-,18+,21+/m1/s1. The van der Waals surface area contributed by atoms with Crippen LogP contribution in [0.5, 0.6) is 0 Å². The van der Waals surface area contributed by atoms with Gasteiger partial charge in [0.05, 0.1) is 0 Å². The molecule has 0 aliphatic carbocycles. The smallest absolute Gasteiger partial charge is 0.288 e. The van der Waals surface area contributed by atoms with Crippen molar-refractivity contribution in [1.29, 1.82) is 0 Å². The van der Waals surface area contributed by atoms with E-state index < -0.39 is 6.29 Å². The van der Waals surface area contributed by atoms with Crippen LogP contribution >= 0.6 is 15.9 Å². The van der Waals surface area contributed by atoms with Gasteiger partial charge in [-0.3, -0.25) is 4.79 Å². The summed E-state index contributed by atoms with van der Waals surface area (Å²) in [5.74, 6) is 0.411. The second kappa shape index (κ2) is 9.71. The Kier molecular flexibility index (Phi) is 7.33. The van der Waals surface area contributed by atoms with E-state index in [2.05, 4.69) is 28.1 Å². The lowest BCUT2D eigenvalue weighted by molar-refractivity contribution is -0.170. The van der Waals surface area contributed by atoms with Gasteiger partial charge in [-0.15, -0.1) is 0 Å². The number of rotatable bonds is 7. The van der Waals surface area contributed by atoms with Crippen molar-refractivity contribution in [2.24, 2.45) is 5.92 Å². The number of amides is 1. The molecule has 0 radical (unpaired) electrons. The largest absolute Gasteiger partial charge is 0.459 e. The number of hydrogen-bond acceptors (Lipinski definition) is 4. The third kappa shape index (κ3) is 4.92. The van der Waals surface area contributed by atoms with Crippen LogP contribution in [-0.2, 0) is 14.3 Å². The maximum Gasteiger partial charge on any atom is 0.288 e. The number of benzene rings is 1. The summed E-state index contributed by atoms with van der Waals surface area (Å²) in [5.41, 5.74) is 1.13. The molecule has 2 heterocycles. The van der Waals surface area contributed by atoms with E-state index in [-0.39, 0.29) is 24.3 Å². The SMILES string of the molecule is CCO[C@H]1OC(C(=O)N2CCCC2)=C[C@@H](c2ccc(Br)cc2)[C@H]1CCCO. The first kappa shape index (κ1) is 20.4. The minimum absolute atomic E-state index is 0.0107. The number of halogens is 1. The van der Waals surface area contributed by atoms with Crippen LogP contribution < -0.4 is 0 Å². The van der Waals surface area contributed by atoms with Gasteiger partial charge in [0.25, 0.3) is 5.91 Å². The quantitative estimate of drug-likeness (QED) is 0.703. The van der Waals surface area contributed by atoms with Crippen LogP contribution in [0.15, 0.2) is 40.6 Å². The van der Waals surface area contributed by atoms with Gasteiger partial charge in [-0.1, -0.05) is 28.1 Å². The second-order valence-electron chi connectivity index (χ2n) is 7.08. The first-order valence-corrected chi connectivity index (χ1v) is 10.6. The highest BCUT2D eigenvalue weighted by Crippen LogP contribution is 2.40. The third-order valence-corrected chi connectivity index (χ3v) is 5.80. The average molecular weight is 438 g/mol. The molecule has 1 saturated heterocycles. The van der Waals surface area contributed by atoms with Crippen LogP contribution in [0.1, 0.15) is 44.1 Å². The van der Waals surface area contributed by atoms with Crippen LogP contribution in [0.2, 0.25) is 0 Å². The van der Waals surface area contributed by atoms with Crippen LogP contribution in [0.3, 0.4) is 0 Å². The van der Waals surface area contributed by atoms with E-state index in [1.165, 1.54) is 0 Å². The molecule has 6 heteroatoms. The number of aliphatic hydroxyl groups is 1. The van der Waals surface area contributed by atoms with E-state index in [0.717, 1.165) is 42.4 Å². The summed E-state index contributed by atoms with van der Waals surface area (Å²) >= 11 is 3.48. The number of carbonyl (C=O) groups excluding carboxylic acids is 1. The van der Waals surface area contributed by atoms with Gasteiger partial charge >= 0.3 is 0 Å². The summed E-state index contributed by atoms with van der Waals surface area (Å²) in [6.45, 7) is 4.15. The average Bonchev–Trinajstić information content (AvgIpc) is 3.21. The predicted molar refractivity (Wildman–Crippen MR) is 107 cm³/mol. The fourth-order valence-electron chi connectivity index (χ4n) is 3.90. The molecule has 1 amide bonds. The van der Waals surface area contributed by atoms with Gasteiger partial charge < -0.3 is 19.5 Å². The normalized spacial score (nSPS) is 25.2. The lowest BCUT2D eigenvalue weighted by atomic mass is 9.80. The molecule has 148 valence electrons. The molecule has 5 nitrogen and oxygen atoms in total. The van der Waals surface area contributed by atoms with Gasteiger partial charge in [-0.25, -0.2) is 0 Å². The number of likely N-dealkylation sites (tertiary alicyclic amines) is 1. The Morgan fingerprint density at radius 2 is 2.00 bits per heavy atom. The van der Waals surface area contributed by atoms with Crippen LogP contribution in [0.25, 0.3) is 0 Å². The van der Waals surface area contributed by atoms with Gasteiger partial charge in [0.2, 0.25) is 6.29 Å². The van der Waals surface area contributed by atoms with Gasteiger partial charge in [-0.2, -0.15) is 0 Å². The first-order valence-electron chi connectivity index (χ1n) is 9.79. The summed E-state index contributed by atoms with van der Waals surface area (Å²) in [5, 5.41) is 9.33. The van der Waals surface area contributed by atoms with Gasteiger partial charge in [0.15, 0.2) is 5.76 Å². The van der Waals surface area contributed by atoms with E-state index in [1.54, 1.807) is 0 Å². The third-order valence-electron chi connectivity index (χ3n) is 5.27. The number of nitrogens with zero attached hydrogens (tertiary/aromatic N) is 1. The molecule has 1 aromatic rings. The van der Waals surface area contributed by atoms with Crippen LogP contribution in [0.4, 0.5) is 0 Å². The van der Waals surface area contributed by atoms with E-state index in [0.29, 0.717) is 18.8 Å². The number of hydrogen-bond donors (Lipinski definition) is 1. The Bertz CT molecular complexity index is 655. The topological polar surface area (TPSA) is 59.0 Å². The fraction of sp³-hybridized carbons (Fsp3) is 0.571. The molecule has 2 aliphatic rings. The number of ether oxygens (including phenoxy) is 2. The number of allylic oxidation sites excluding steroid dienone is 1. The zero-order valence-electron chi connectivity index (χ0n) is 15.8. The summed E-state index contributed by atoms with van der Waals surface area (Å²) in [4.78, 5) is 14.8. The monoisotopic (exact) mass is 437 g/mol. The Morgan fingerprint density at radius 3 is 2.63 bits per heavy atom. The summed E-state index contributed by atoms with van der Waals surface area (Å²) in [6, 6.07) is 8.17. The first-order chi connectivity index (χ1) is 13.1. The van der Waals surface area contributed by atoms with Crippen molar-refractivity contribution >= 4 is 21.8 Å². The number of carbonyl (C=O) groups is 1. The van der Waals surface area contributed by atoms with Crippen molar-refractivity contribution < 1.29 is 19.4 Å². The predicted octanol–water partition coefficient (Wildman–Crippen LogP) is 3.82. The van der Waals surface area contributed by atoms with Crippen molar-refractivity contribution in [3.05, 3.63) is 46.1 Å². The Morgan fingerprint density at radius 1 is 1.30 bits per heavy atom. The molecule has 1 fully saturated rings. The molecule has 0 bridgehead atoms. The van der Waals surface area contributed by atoms with Crippen molar-refractivity contribution in [3.63, 3.8) is 0 Å². The molecule has 0 unspecified atom stereocenters. The van der Waals surface area contributed by atoms with E-state index in [9.17, 15) is 9.90 Å². The lowest BCUT2D eigenvalue weighted by Crippen LogP contribution is -2.39. The van der Waals surface area contributed by atoms with Gasteiger partial charge in [-0.05, 0) is 56.4 Å². The van der Waals surface area contributed by atoms with Crippen LogP contribution in [-0.4, -0.2) is 48.5 Å². The van der Waals surface area contributed by atoms with Crippen molar-refractivity contribution in [1.82, 2.24) is 4.90 Å². The number of aliphatic hydroxyl groups excluding tert-OH is 1. The highest BCUT2D eigenvalue weighted by atomic mass is 79.9. The molecule has 0 aromatic heterocycles. The molecule has 3 atom stereocenters. The van der Waals surface area contributed by atoms with Crippen molar-refractivity contribution in [2.75, 3.05) is 26.3 Å². The fourth-order valence-corrected chi connectivity index (χ4v) is 4.16. The molecular weight excluding hydrogens is 410 g/mol. The maximum atomic E-state index is 12.9.